The largest absolute Gasteiger partial charge is 0.395 e. The van der Waals surface area contributed by atoms with Crippen molar-refractivity contribution in [3.63, 3.8) is 0 Å². The maximum atomic E-state index is 12.6. The first-order valence-electron chi connectivity index (χ1n) is 9.21. The molecule has 27 heavy (non-hydrogen) atoms. The number of piperidine rings is 1. The van der Waals surface area contributed by atoms with Gasteiger partial charge in [-0.2, -0.15) is 0 Å². The minimum Gasteiger partial charge on any atom is -0.395 e. The molecular weight excluding hydrogens is 346 g/mol. The summed E-state index contributed by atoms with van der Waals surface area (Å²) in [6, 6.07) is 5.25. The average molecular weight is 373 g/mol. The second-order valence-electron chi connectivity index (χ2n) is 7.25. The molecule has 3 heterocycles. The minimum absolute atomic E-state index is 0.0434. The van der Waals surface area contributed by atoms with Gasteiger partial charge in [0.15, 0.2) is 0 Å². The third-order valence-corrected chi connectivity index (χ3v) is 5.04. The first-order valence-corrected chi connectivity index (χ1v) is 9.21. The molecule has 146 valence electrons. The quantitative estimate of drug-likeness (QED) is 0.710. The monoisotopic (exact) mass is 373 g/mol. The zero-order valence-corrected chi connectivity index (χ0v) is 15.7. The van der Waals surface area contributed by atoms with Gasteiger partial charge < -0.3 is 20.0 Å². The van der Waals surface area contributed by atoms with E-state index in [1.54, 1.807) is 12.4 Å². The molecular formula is C19H27N5O3. The Balaban J connectivity index is 1.75. The average Bonchev–Trinajstić information content (AvgIpc) is 2.67. The molecule has 1 aliphatic heterocycles. The highest BCUT2D eigenvalue weighted by Gasteiger charge is 2.31. The number of aliphatic hydroxyl groups excluding tert-OH is 1. The zero-order chi connectivity index (χ0) is 19.3. The van der Waals surface area contributed by atoms with E-state index in [1.165, 1.54) is 17.0 Å². The lowest BCUT2D eigenvalue weighted by molar-refractivity contribution is -0.0299. The van der Waals surface area contributed by atoms with E-state index in [4.69, 9.17) is 0 Å². The highest BCUT2D eigenvalue weighted by Crippen LogP contribution is 2.23. The SMILES string of the molecule is CN1CCC(O)(Cn2cnc(N(CCO)Cc3cccnc3)cc2=O)CC1. The number of aromatic nitrogens is 3. The maximum Gasteiger partial charge on any atom is 0.255 e. The van der Waals surface area contributed by atoms with Gasteiger partial charge in [0.25, 0.3) is 5.56 Å². The molecule has 1 saturated heterocycles. The van der Waals surface area contributed by atoms with E-state index in [0.717, 1.165) is 18.7 Å². The van der Waals surface area contributed by atoms with Crippen LogP contribution in [-0.2, 0) is 13.1 Å². The van der Waals surface area contributed by atoms with Gasteiger partial charge in [0, 0.05) is 44.6 Å². The van der Waals surface area contributed by atoms with E-state index < -0.39 is 5.60 Å². The van der Waals surface area contributed by atoms with Gasteiger partial charge in [-0.1, -0.05) is 6.07 Å². The van der Waals surface area contributed by atoms with E-state index in [1.807, 2.05) is 24.1 Å². The van der Waals surface area contributed by atoms with Crippen molar-refractivity contribution in [1.82, 2.24) is 19.4 Å². The van der Waals surface area contributed by atoms with Gasteiger partial charge in [-0.15, -0.1) is 0 Å². The third-order valence-electron chi connectivity index (χ3n) is 5.04. The summed E-state index contributed by atoms with van der Waals surface area (Å²) >= 11 is 0. The van der Waals surface area contributed by atoms with Crippen molar-refractivity contribution in [1.29, 1.82) is 0 Å². The van der Waals surface area contributed by atoms with Crippen molar-refractivity contribution in [2.24, 2.45) is 0 Å². The first-order chi connectivity index (χ1) is 13.0. The summed E-state index contributed by atoms with van der Waals surface area (Å²) < 4.78 is 1.47. The summed E-state index contributed by atoms with van der Waals surface area (Å²) in [6.07, 6.45) is 6.21. The van der Waals surface area contributed by atoms with E-state index in [-0.39, 0.29) is 18.7 Å². The summed E-state index contributed by atoms with van der Waals surface area (Å²) in [5.41, 5.74) is -0.112. The fourth-order valence-electron chi connectivity index (χ4n) is 3.33. The molecule has 0 unspecified atom stereocenters. The molecule has 0 radical (unpaired) electrons. The molecule has 0 aliphatic carbocycles. The molecule has 3 rings (SSSR count). The van der Waals surface area contributed by atoms with Gasteiger partial charge in [-0.25, -0.2) is 4.98 Å². The zero-order valence-electron chi connectivity index (χ0n) is 15.7. The summed E-state index contributed by atoms with van der Waals surface area (Å²) in [5, 5.41) is 20.1. The topological polar surface area (TPSA) is 94.7 Å². The molecule has 1 fully saturated rings. The predicted octanol–water partition coefficient (Wildman–Crippen LogP) is 0.0939. The van der Waals surface area contributed by atoms with Crippen LogP contribution in [0.5, 0.6) is 0 Å². The number of anilines is 1. The molecule has 0 bridgehead atoms. The van der Waals surface area contributed by atoms with Crippen molar-refractivity contribution in [2.45, 2.75) is 31.5 Å². The van der Waals surface area contributed by atoms with Crippen LogP contribution in [0.25, 0.3) is 0 Å². The van der Waals surface area contributed by atoms with Gasteiger partial charge in [0.1, 0.15) is 5.82 Å². The Morgan fingerprint density at radius 1 is 1.33 bits per heavy atom. The minimum atomic E-state index is -0.875. The van der Waals surface area contributed by atoms with Crippen LogP contribution in [0, 0.1) is 0 Å². The van der Waals surface area contributed by atoms with Crippen LogP contribution in [-0.4, -0.2) is 68.5 Å². The molecule has 0 saturated carbocycles. The van der Waals surface area contributed by atoms with E-state index >= 15 is 0 Å². The maximum absolute atomic E-state index is 12.6. The van der Waals surface area contributed by atoms with Crippen molar-refractivity contribution < 1.29 is 10.2 Å². The molecule has 1 aliphatic rings. The van der Waals surface area contributed by atoms with Gasteiger partial charge in [0.05, 0.1) is 25.1 Å². The number of hydrogen-bond acceptors (Lipinski definition) is 7. The van der Waals surface area contributed by atoms with Crippen LogP contribution in [0.3, 0.4) is 0 Å². The van der Waals surface area contributed by atoms with Crippen LogP contribution in [0.15, 0.2) is 41.7 Å². The molecule has 2 aromatic rings. The van der Waals surface area contributed by atoms with Crippen LogP contribution >= 0.6 is 0 Å². The van der Waals surface area contributed by atoms with E-state index in [0.29, 0.717) is 31.7 Å². The number of likely N-dealkylation sites (tertiary alicyclic amines) is 1. The van der Waals surface area contributed by atoms with Crippen LogP contribution in [0.4, 0.5) is 5.82 Å². The fraction of sp³-hybridized carbons (Fsp3) is 0.526. The lowest BCUT2D eigenvalue weighted by Crippen LogP contribution is -2.47. The second kappa shape index (κ2) is 8.60. The van der Waals surface area contributed by atoms with Crippen LogP contribution < -0.4 is 10.5 Å². The predicted molar refractivity (Wildman–Crippen MR) is 103 cm³/mol. The summed E-state index contributed by atoms with van der Waals surface area (Å²) in [5.74, 6) is 0.504. The first kappa shape index (κ1) is 19.5. The van der Waals surface area contributed by atoms with Gasteiger partial charge >= 0.3 is 0 Å². The van der Waals surface area contributed by atoms with Gasteiger partial charge in [-0.3, -0.25) is 14.3 Å². The number of nitrogens with zero attached hydrogens (tertiary/aromatic N) is 5. The summed E-state index contributed by atoms with van der Waals surface area (Å²) in [4.78, 5) is 25.1. The lowest BCUT2D eigenvalue weighted by atomic mass is 9.91. The smallest absolute Gasteiger partial charge is 0.255 e. The van der Waals surface area contributed by atoms with Crippen molar-refractivity contribution >= 4 is 5.82 Å². The highest BCUT2D eigenvalue weighted by atomic mass is 16.3. The normalized spacial score (nSPS) is 17.0. The number of hydrogen-bond donors (Lipinski definition) is 2. The van der Waals surface area contributed by atoms with Crippen LogP contribution in [0.1, 0.15) is 18.4 Å². The number of pyridine rings is 1. The Kier molecular flexibility index (Phi) is 6.20. The number of rotatable bonds is 7. The molecule has 0 aromatic carbocycles. The van der Waals surface area contributed by atoms with Gasteiger partial charge in [-0.05, 0) is 31.5 Å². The van der Waals surface area contributed by atoms with E-state index in [2.05, 4.69) is 14.9 Å². The lowest BCUT2D eigenvalue weighted by Gasteiger charge is -2.36. The summed E-state index contributed by atoms with van der Waals surface area (Å²) in [6.45, 7) is 2.69. The summed E-state index contributed by atoms with van der Waals surface area (Å²) in [7, 11) is 2.03. The fourth-order valence-corrected chi connectivity index (χ4v) is 3.33. The third kappa shape index (κ3) is 5.12. The van der Waals surface area contributed by atoms with Crippen LogP contribution in [0.2, 0.25) is 0 Å². The molecule has 0 atom stereocenters. The standard InChI is InChI=1S/C19H27N5O3/c1-22-7-4-19(27,5-8-22)14-24-15-21-17(11-18(24)26)23(9-10-25)13-16-3-2-6-20-12-16/h2-3,6,11-12,15,25,27H,4-5,7-10,13-14H2,1H3. The van der Waals surface area contributed by atoms with Crippen molar-refractivity contribution in [3.8, 4) is 0 Å². The molecule has 0 spiro atoms. The Morgan fingerprint density at radius 3 is 2.74 bits per heavy atom. The second-order valence-corrected chi connectivity index (χ2v) is 7.25. The Labute approximate surface area is 158 Å². The van der Waals surface area contributed by atoms with Crippen molar-refractivity contribution in [3.05, 3.63) is 52.8 Å². The van der Waals surface area contributed by atoms with E-state index in [9.17, 15) is 15.0 Å². The molecule has 2 N–H and O–H groups in total. The Morgan fingerprint density at radius 2 is 2.11 bits per heavy atom. The highest BCUT2D eigenvalue weighted by molar-refractivity contribution is 5.37. The van der Waals surface area contributed by atoms with Gasteiger partial charge in [0.2, 0.25) is 0 Å². The Bertz CT molecular complexity index is 787. The molecule has 8 nitrogen and oxygen atoms in total. The molecule has 0 amide bonds. The molecule has 2 aromatic heterocycles. The molecule has 8 heteroatoms. The van der Waals surface area contributed by atoms with Crippen molar-refractivity contribution in [2.75, 3.05) is 38.2 Å². The Hall–Kier alpha value is -2.29. The number of aliphatic hydroxyl groups is 2.